The number of carbonyl (C=O) groups is 1. The van der Waals surface area contributed by atoms with Crippen LogP contribution in [0, 0.1) is 0 Å². The monoisotopic (exact) mass is 434 g/mol. The van der Waals surface area contributed by atoms with Gasteiger partial charge in [0.15, 0.2) is 11.5 Å². The number of nitrogens with zero attached hydrogens (tertiary/aromatic N) is 2. The highest BCUT2D eigenvalue weighted by Crippen LogP contribution is 2.33. The maximum atomic E-state index is 12.7. The molecule has 2 aliphatic heterocycles. The first kappa shape index (κ1) is 20.2. The topological polar surface area (TPSA) is 88.7 Å². The predicted molar refractivity (Wildman–Crippen MR) is 121 cm³/mol. The second kappa shape index (κ2) is 8.82. The molecule has 2 aromatic carbocycles. The number of ether oxygens (including phenoxy) is 3. The highest BCUT2D eigenvalue weighted by atomic mass is 16.6. The minimum absolute atomic E-state index is 0.0955. The van der Waals surface area contributed by atoms with E-state index in [9.17, 15) is 4.79 Å². The molecule has 1 saturated heterocycles. The molecule has 2 amide bonds. The third-order valence-electron chi connectivity index (χ3n) is 5.98. The molecule has 32 heavy (non-hydrogen) atoms. The van der Waals surface area contributed by atoms with Crippen LogP contribution < -0.4 is 19.5 Å². The predicted octanol–water partition coefficient (Wildman–Crippen LogP) is 4.27. The summed E-state index contributed by atoms with van der Waals surface area (Å²) < 4.78 is 16.4. The zero-order valence-electron chi connectivity index (χ0n) is 18.0. The summed E-state index contributed by atoms with van der Waals surface area (Å²) in [6, 6.07) is 15.4. The Balaban J connectivity index is 1.18. The Labute approximate surface area is 186 Å². The van der Waals surface area contributed by atoms with E-state index in [2.05, 4.69) is 21.6 Å². The molecule has 0 bridgehead atoms. The highest BCUT2D eigenvalue weighted by molar-refractivity contribution is 5.89. The van der Waals surface area contributed by atoms with Gasteiger partial charge in [-0.25, -0.2) is 4.79 Å². The van der Waals surface area contributed by atoms with Crippen LogP contribution in [0.25, 0.3) is 11.3 Å². The number of H-pyrrole nitrogens is 1. The molecule has 2 N–H and O–H groups in total. The summed E-state index contributed by atoms with van der Waals surface area (Å²) in [7, 11) is 1.66. The highest BCUT2D eigenvalue weighted by Gasteiger charge is 2.25. The number of methoxy groups -OCH3 is 1. The van der Waals surface area contributed by atoms with Crippen LogP contribution in [0.4, 0.5) is 10.5 Å². The van der Waals surface area contributed by atoms with Crippen molar-refractivity contribution >= 4 is 11.7 Å². The van der Waals surface area contributed by atoms with E-state index in [1.807, 2.05) is 47.4 Å². The summed E-state index contributed by atoms with van der Waals surface area (Å²) in [5.74, 6) is 2.53. The normalized spacial score (nSPS) is 16.0. The molecule has 0 radical (unpaired) electrons. The van der Waals surface area contributed by atoms with Gasteiger partial charge in [-0.05, 0) is 43.2 Å². The van der Waals surface area contributed by atoms with E-state index in [-0.39, 0.29) is 6.03 Å². The quantitative estimate of drug-likeness (QED) is 0.640. The third kappa shape index (κ3) is 4.21. The third-order valence-corrected chi connectivity index (χ3v) is 5.98. The van der Waals surface area contributed by atoms with Gasteiger partial charge in [0, 0.05) is 42.0 Å². The van der Waals surface area contributed by atoms with E-state index < -0.39 is 0 Å². The maximum absolute atomic E-state index is 12.7. The number of hydrogen-bond acceptors (Lipinski definition) is 5. The fourth-order valence-corrected chi connectivity index (χ4v) is 4.19. The number of aromatic nitrogens is 2. The molecule has 0 atom stereocenters. The van der Waals surface area contributed by atoms with Crippen molar-refractivity contribution in [2.45, 2.75) is 18.8 Å². The van der Waals surface area contributed by atoms with Crippen LogP contribution in [0.15, 0.2) is 48.5 Å². The molecule has 3 aromatic rings. The fourth-order valence-electron chi connectivity index (χ4n) is 4.19. The number of nitrogens with one attached hydrogen (secondary N) is 2. The van der Waals surface area contributed by atoms with Gasteiger partial charge in [-0.3, -0.25) is 5.10 Å². The van der Waals surface area contributed by atoms with Gasteiger partial charge in [0.2, 0.25) is 0 Å². The minimum Gasteiger partial charge on any atom is -0.497 e. The fraction of sp³-hybridized carbons (Fsp3) is 0.333. The van der Waals surface area contributed by atoms with E-state index in [0.717, 1.165) is 35.5 Å². The molecule has 166 valence electrons. The molecule has 0 aliphatic carbocycles. The second-order valence-electron chi connectivity index (χ2n) is 7.99. The molecule has 0 unspecified atom stereocenters. The standard InChI is InChI=1S/C24H26N4O4/c1-30-19-4-2-3-17(13-19)21-15-20(26-27-21)16-7-9-28(10-8-16)24(29)25-18-5-6-22-23(14-18)32-12-11-31-22/h2-6,13-16H,7-12H2,1H3,(H,25,29)(H,26,27). The largest absolute Gasteiger partial charge is 0.497 e. The van der Waals surface area contributed by atoms with E-state index in [4.69, 9.17) is 14.2 Å². The number of aromatic amines is 1. The molecular weight excluding hydrogens is 408 g/mol. The number of urea groups is 1. The van der Waals surface area contributed by atoms with Crippen molar-refractivity contribution < 1.29 is 19.0 Å². The van der Waals surface area contributed by atoms with Gasteiger partial charge in [-0.15, -0.1) is 0 Å². The van der Waals surface area contributed by atoms with E-state index in [0.29, 0.717) is 49.4 Å². The van der Waals surface area contributed by atoms with Crippen LogP contribution in [-0.2, 0) is 0 Å². The Hall–Kier alpha value is -3.68. The van der Waals surface area contributed by atoms with Crippen molar-refractivity contribution in [3.8, 4) is 28.5 Å². The van der Waals surface area contributed by atoms with Crippen molar-refractivity contribution in [1.82, 2.24) is 15.1 Å². The number of likely N-dealkylation sites (tertiary alicyclic amines) is 1. The Kier molecular flexibility index (Phi) is 5.58. The van der Waals surface area contributed by atoms with E-state index >= 15 is 0 Å². The van der Waals surface area contributed by atoms with E-state index in [1.165, 1.54) is 0 Å². The SMILES string of the molecule is COc1cccc(-c2cc(C3CCN(C(=O)Nc4ccc5c(c4)OCCO5)CC3)[nH]n2)c1. The number of amides is 2. The molecule has 5 rings (SSSR count). The smallest absolute Gasteiger partial charge is 0.321 e. The van der Waals surface area contributed by atoms with Crippen LogP contribution >= 0.6 is 0 Å². The Morgan fingerprint density at radius 3 is 2.72 bits per heavy atom. The van der Waals surface area contributed by atoms with Crippen LogP contribution in [0.2, 0.25) is 0 Å². The lowest BCUT2D eigenvalue weighted by Gasteiger charge is -2.31. The first-order valence-corrected chi connectivity index (χ1v) is 10.8. The molecule has 2 aliphatic rings. The maximum Gasteiger partial charge on any atom is 0.321 e. The van der Waals surface area contributed by atoms with Crippen LogP contribution in [0.3, 0.4) is 0 Å². The van der Waals surface area contributed by atoms with Gasteiger partial charge >= 0.3 is 6.03 Å². The number of benzene rings is 2. The summed E-state index contributed by atoms with van der Waals surface area (Å²) in [6.45, 7) is 2.44. The van der Waals surface area contributed by atoms with Gasteiger partial charge in [-0.2, -0.15) is 5.10 Å². The Morgan fingerprint density at radius 1 is 1.09 bits per heavy atom. The lowest BCUT2D eigenvalue weighted by atomic mass is 9.93. The Bertz CT molecular complexity index is 1100. The lowest BCUT2D eigenvalue weighted by molar-refractivity contribution is 0.171. The van der Waals surface area contributed by atoms with Crippen molar-refractivity contribution in [3.63, 3.8) is 0 Å². The average molecular weight is 434 g/mol. The number of anilines is 1. The van der Waals surface area contributed by atoms with Crippen LogP contribution in [0.1, 0.15) is 24.5 Å². The number of carbonyl (C=O) groups excluding carboxylic acids is 1. The molecule has 0 spiro atoms. The molecule has 8 nitrogen and oxygen atoms in total. The second-order valence-corrected chi connectivity index (χ2v) is 7.99. The number of hydrogen-bond donors (Lipinski definition) is 2. The van der Waals surface area contributed by atoms with Gasteiger partial charge in [-0.1, -0.05) is 12.1 Å². The summed E-state index contributed by atoms with van der Waals surface area (Å²) >= 11 is 0. The van der Waals surface area contributed by atoms with Gasteiger partial charge in [0.05, 0.1) is 12.8 Å². The summed E-state index contributed by atoms with van der Waals surface area (Å²) in [6.07, 6.45) is 1.77. The van der Waals surface area contributed by atoms with Crippen molar-refractivity contribution in [2.24, 2.45) is 0 Å². The Morgan fingerprint density at radius 2 is 1.91 bits per heavy atom. The molecule has 1 aromatic heterocycles. The zero-order chi connectivity index (χ0) is 21.9. The molecule has 1 fully saturated rings. The van der Waals surface area contributed by atoms with Crippen molar-refractivity contribution in [3.05, 3.63) is 54.2 Å². The van der Waals surface area contributed by atoms with Gasteiger partial charge in [0.1, 0.15) is 19.0 Å². The molecule has 0 saturated carbocycles. The number of fused-ring (bicyclic) bond motifs is 1. The summed E-state index contributed by atoms with van der Waals surface area (Å²) in [5.41, 5.74) is 3.73. The van der Waals surface area contributed by atoms with Crippen LogP contribution in [0.5, 0.6) is 17.2 Å². The zero-order valence-corrected chi connectivity index (χ0v) is 18.0. The van der Waals surface area contributed by atoms with Gasteiger partial charge < -0.3 is 24.4 Å². The number of rotatable bonds is 4. The first-order valence-electron chi connectivity index (χ1n) is 10.8. The summed E-state index contributed by atoms with van der Waals surface area (Å²) in [4.78, 5) is 14.6. The molecule has 3 heterocycles. The lowest BCUT2D eigenvalue weighted by Crippen LogP contribution is -2.40. The number of piperidine rings is 1. The minimum atomic E-state index is -0.0955. The van der Waals surface area contributed by atoms with Crippen LogP contribution in [-0.4, -0.2) is 54.5 Å². The van der Waals surface area contributed by atoms with E-state index in [1.54, 1.807) is 7.11 Å². The summed E-state index contributed by atoms with van der Waals surface area (Å²) in [5, 5.41) is 10.6. The van der Waals surface area contributed by atoms with Crippen molar-refractivity contribution in [2.75, 3.05) is 38.7 Å². The van der Waals surface area contributed by atoms with Gasteiger partial charge in [0.25, 0.3) is 0 Å². The van der Waals surface area contributed by atoms with Crippen molar-refractivity contribution in [1.29, 1.82) is 0 Å². The molecular formula is C24H26N4O4. The average Bonchev–Trinajstić information content (AvgIpc) is 3.34. The molecule has 8 heteroatoms. The first-order chi connectivity index (χ1) is 15.7.